The molecule has 1 heterocycles. The minimum absolute atomic E-state index is 0.0101. The van der Waals surface area contributed by atoms with Crippen LogP contribution in [0.2, 0.25) is 0 Å². The van der Waals surface area contributed by atoms with Crippen molar-refractivity contribution in [1.82, 2.24) is 15.1 Å². The summed E-state index contributed by atoms with van der Waals surface area (Å²) < 4.78 is 5.38. The van der Waals surface area contributed by atoms with E-state index < -0.39 is 0 Å². The maximum absolute atomic E-state index is 12.7. The van der Waals surface area contributed by atoms with Crippen molar-refractivity contribution in [3.8, 4) is 0 Å². The summed E-state index contributed by atoms with van der Waals surface area (Å²) in [5, 5.41) is 2.75. The number of benzene rings is 1. The van der Waals surface area contributed by atoms with Crippen LogP contribution in [-0.4, -0.2) is 74.1 Å². The van der Waals surface area contributed by atoms with E-state index in [-0.39, 0.29) is 18.4 Å². The van der Waals surface area contributed by atoms with Crippen molar-refractivity contribution < 1.29 is 14.3 Å². The summed E-state index contributed by atoms with van der Waals surface area (Å²) in [5.41, 5.74) is 0.577. The minimum Gasteiger partial charge on any atom is -0.379 e. The molecule has 1 fully saturated rings. The standard InChI is InChI=1S/C21H33N3O3/c1-2-3-4-8-11-24(13-12-23-14-16-27-17-15-23)20(25)18-22-21(26)19-9-6-5-7-10-19/h5-7,9-10H,2-4,8,11-18H2,1H3,(H,22,26). The topological polar surface area (TPSA) is 61.9 Å². The van der Waals surface area contributed by atoms with E-state index in [0.29, 0.717) is 12.1 Å². The molecule has 6 heteroatoms. The second-order valence-electron chi connectivity index (χ2n) is 6.94. The molecule has 1 aliphatic rings. The van der Waals surface area contributed by atoms with Gasteiger partial charge in [-0.05, 0) is 18.6 Å². The molecule has 1 saturated heterocycles. The lowest BCUT2D eigenvalue weighted by atomic mass is 10.2. The highest BCUT2D eigenvalue weighted by Gasteiger charge is 2.17. The van der Waals surface area contributed by atoms with E-state index >= 15 is 0 Å². The van der Waals surface area contributed by atoms with Crippen LogP contribution in [0.25, 0.3) is 0 Å². The van der Waals surface area contributed by atoms with Crippen LogP contribution >= 0.6 is 0 Å². The molecule has 1 aliphatic heterocycles. The molecule has 2 rings (SSSR count). The van der Waals surface area contributed by atoms with E-state index in [9.17, 15) is 9.59 Å². The Kier molecular flexibility index (Phi) is 9.87. The van der Waals surface area contributed by atoms with Crippen LogP contribution in [0.1, 0.15) is 43.0 Å². The summed E-state index contributed by atoms with van der Waals surface area (Å²) in [6.45, 7) is 7.90. The highest BCUT2D eigenvalue weighted by molar-refractivity contribution is 5.96. The van der Waals surface area contributed by atoms with Crippen molar-refractivity contribution >= 4 is 11.8 Å². The first-order chi connectivity index (χ1) is 13.2. The van der Waals surface area contributed by atoms with Crippen molar-refractivity contribution in [3.63, 3.8) is 0 Å². The van der Waals surface area contributed by atoms with E-state index in [1.807, 2.05) is 23.1 Å². The summed E-state index contributed by atoms with van der Waals surface area (Å²) in [7, 11) is 0. The highest BCUT2D eigenvalue weighted by atomic mass is 16.5. The number of nitrogens with zero attached hydrogens (tertiary/aromatic N) is 2. The van der Waals surface area contributed by atoms with Crippen LogP contribution in [-0.2, 0) is 9.53 Å². The molecule has 0 radical (unpaired) electrons. The van der Waals surface area contributed by atoms with Crippen molar-refractivity contribution in [2.75, 3.05) is 52.5 Å². The molecule has 0 unspecified atom stereocenters. The second kappa shape index (κ2) is 12.5. The van der Waals surface area contributed by atoms with Crippen molar-refractivity contribution in [1.29, 1.82) is 0 Å². The molecule has 1 aromatic carbocycles. The molecule has 2 amide bonds. The van der Waals surface area contributed by atoms with Crippen LogP contribution in [0.5, 0.6) is 0 Å². The number of morpholine rings is 1. The summed E-state index contributed by atoms with van der Waals surface area (Å²) >= 11 is 0. The lowest BCUT2D eigenvalue weighted by Crippen LogP contribution is -2.46. The summed E-state index contributed by atoms with van der Waals surface area (Å²) in [5.74, 6) is -0.216. The Balaban J connectivity index is 1.81. The molecule has 1 N–H and O–H groups in total. The van der Waals surface area contributed by atoms with Gasteiger partial charge in [-0.3, -0.25) is 14.5 Å². The summed E-state index contributed by atoms with van der Waals surface area (Å²) in [4.78, 5) is 29.1. The van der Waals surface area contributed by atoms with Gasteiger partial charge in [0.15, 0.2) is 0 Å². The lowest BCUT2D eigenvalue weighted by molar-refractivity contribution is -0.130. The maximum Gasteiger partial charge on any atom is 0.251 e. The average molecular weight is 376 g/mol. The van der Waals surface area contributed by atoms with Gasteiger partial charge in [-0.15, -0.1) is 0 Å². The van der Waals surface area contributed by atoms with E-state index in [4.69, 9.17) is 4.74 Å². The number of nitrogens with one attached hydrogen (secondary N) is 1. The SMILES string of the molecule is CCCCCCN(CCN1CCOCC1)C(=O)CNC(=O)c1ccccc1. The largest absolute Gasteiger partial charge is 0.379 e. The van der Waals surface area contributed by atoms with Crippen LogP contribution in [0.3, 0.4) is 0 Å². The molecule has 0 atom stereocenters. The Labute approximate surface area is 162 Å². The third-order valence-corrected chi connectivity index (χ3v) is 4.86. The van der Waals surface area contributed by atoms with Gasteiger partial charge in [0.1, 0.15) is 0 Å². The van der Waals surface area contributed by atoms with Gasteiger partial charge in [-0.25, -0.2) is 0 Å². The average Bonchev–Trinajstić information content (AvgIpc) is 2.72. The van der Waals surface area contributed by atoms with Gasteiger partial charge in [0.05, 0.1) is 19.8 Å². The molecular formula is C21H33N3O3. The lowest BCUT2D eigenvalue weighted by Gasteiger charge is -2.30. The van der Waals surface area contributed by atoms with Gasteiger partial charge >= 0.3 is 0 Å². The zero-order chi connectivity index (χ0) is 19.3. The predicted molar refractivity (Wildman–Crippen MR) is 107 cm³/mol. The van der Waals surface area contributed by atoms with Gasteiger partial charge in [-0.2, -0.15) is 0 Å². The Bertz CT molecular complexity index is 559. The Morgan fingerprint density at radius 2 is 1.81 bits per heavy atom. The number of rotatable bonds is 11. The number of carbonyl (C=O) groups excluding carboxylic acids is 2. The number of unbranched alkanes of at least 4 members (excludes halogenated alkanes) is 3. The Hall–Kier alpha value is -1.92. The predicted octanol–water partition coefficient (Wildman–Crippen LogP) is 2.16. The van der Waals surface area contributed by atoms with Crippen LogP contribution in [0.15, 0.2) is 30.3 Å². The molecule has 1 aromatic rings. The molecule has 0 aliphatic carbocycles. The van der Waals surface area contributed by atoms with Crippen molar-refractivity contribution in [3.05, 3.63) is 35.9 Å². The fourth-order valence-electron chi connectivity index (χ4n) is 3.14. The van der Waals surface area contributed by atoms with Gasteiger partial charge in [-0.1, -0.05) is 44.4 Å². The normalized spacial score (nSPS) is 14.7. The second-order valence-corrected chi connectivity index (χ2v) is 6.94. The van der Waals surface area contributed by atoms with Crippen molar-refractivity contribution in [2.24, 2.45) is 0 Å². The molecule has 0 saturated carbocycles. The minimum atomic E-state index is -0.205. The summed E-state index contributed by atoms with van der Waals surface area (Å²) in [6.07, 6.45) is 4.51. The van der Waals surface area contributed by atoms with Crippen molar-refractivity contribution in [2.45, 2.75) is 32.6 Å². The third kappa shape index (κ3) is 8.10. The molecule has 0 spiro atoms. The molecule has 0 aromatic heterocycles. The maximum atomic E-state index is 12.7. The smallest absolute Gasteiger partial charge is 0.251 e. The quantitative estimate of drug-likeness (QED) is 0.602. The molecule has 150 valence electrons. The molecular weight excluding hydrogens is 342 g/mol. The van der Waals surface area contributed by atoms with Gasteiger partial charge in [0.2, 0.25) is 5.91 Å². The molecule has 27 heavy (non-hydrogen) atoms. The first-order valence-electron chi connectivity index (χ1n) is 10.1. The number of amides is 2. The van der Waals surface area contributed by atoms with Gasteiger partial charge in [0, 0.05) is 38.3 Å². The Morgan fingerprint density at radius 1 is 1.07 bits per heavy atom. The summed E-state index contributed by atoms with van der Waals surface area (Å²) in [6, 6.07) is 9.01. The fraction of sp³-hybridized carbons (Fsp3) is 0.619. The number of hydrogen-bond donors (Lipinski definition) is 1. The monoisotopic (exact) mass is 375 g/mol. The number of carbonyl (C=O) groups is 2. The fourth-order valence-corrected chi connectivity index (χ4v) is 3.14. The van der Waals surface area contributed by atoms with Crippen LogP contribution < -0.4 is 5.32 Å². The number of hydrogen-bond acceptors (Lipinski definition) is 4. The van der Waals surface area contributed by atoms with E-state index in [1.54, 1.807) is 12.1 Å². The van der Waals surface area contributed by atoms with Crippen LogP contribution in [0, 0.1) is 0 Å². The van der Waals surface area contributed by atoms with Gasteiger partial charge < -0.3 is 15.0 Å². The number of ether oxygens (including phenoxy) is 1. The third-order valence-electron chi connectivity index (χ3n) is 4.86. The zero-order valence-corrected chi connectivity index (χ0v) is 16.5. The zero-order valence-electron chi connectivity index (χ0n) is 16.5. The van der Waals surface area contributed by atoms with E-state index in [0.717, 1.165) is 52.2 Å². The first kappa shape index (κ1) is 21.4. The van der Waals surface area contributed by atoms with E-state index in [2.05, 4.69) is 17.1 Å². The molecule has 6 nitrogen and oxygen atoms in total. The highest BCUT2D eigenvalue weighted by Crippen LogP contribution is 2.04. The first-order valence-corrected chi connectivity index (χ1v) is 10.1. The molecule has 0 bridgehead atoms. The van der Waals surface area contributed by atoms with E-state index in [1.165, 1.54) is 12.8 Å². The van der Waals surface area contributed by atoms with Gasteiger partial charge in [0.25, 0.3) is 5.91 Å². The Morgan fingerprint density at radius 3 is 2.52 bits per heavy atom. The van der Waals surface area contributed by atoms with Crippen LogP contribution in [0.4, 0.5) is 0 Å².